The summed E-state index contributed by atoms with van der Waals surface area (Å²) in [7, 11) is -3.14. The summed E-state index contributed by atoms with van der Waals surface area (Å²) < 4.78 is 22.3. The zero-order valence-electron chi connectivity index (χ0n) is 5.78. The number of hydrogen-bond acceptors (Lipinski definition) is 3. The molecule has 0 aliphatic carbocycles. The maximum atomic E-state index is 11.0. The SMILES string of the molecule is CS(=O)(=O)c1cccnc1Br. The minimum Gasteiger partial charge on any atom is -0.248 e. The number of halogens is 1. The third-order valence-corrected chi connectivity index (χ3v) is 3.15. The van der Waals surface area contributed by atoms with Gasteiger partial charge in [0.05, 0.1) is 4.90 Å². The minimum atomic E-state index is -3.14. The largest absolute Gasteiger partial charge is 0.248 e. The Balaban J connectivity index is 3.37. The number of rotatable bonds is 1. The molecule has 0 atom stereocenters. The molecular formula is C6H6BrNO2S. The van der Waals surface area contributed by atoms with E-state index < -0.39 is 9.84 Å². The lowest BCUT2D eigenvalue weighted by atomic mass is 10.5. The van der Waals surface area contributed by atoms with Gasteiger partial charge in [-0.1, -0.05) is 0 Å². The molecule has 0 unspecified atom stereocenters. The molecule has 0 radical (unpaired) electrons. The van der Waals surface area contributed by atoms with Gasteiger partial charge in [0.2, 0.25) is 0 Å². The first-order valence-electron chi connectivity index (χ1n) is 2.82. The fourth-order valence-electron chi connectivity index (χ4n) is 0.648. The van der Waals surface area contributed by atoms with E-state index in [0.717, 1.165) is 6.26 Å². The average molecular weight is 236 g/mol. The van der Waals surface area contributed by atoms with Crippen LogP contribution in [0.25, 0.3) is 0 Å². The van der Waals surface area contributed by atoms with Crippen LogP contribution in [-0.2, 0) is 9.84 Å². The Kier molecular flexibility index (Phi) is 2.29. The van der Waals surface area contributed by atoms with Crippen molar-refractivity contribution >= 4 is 25.8 Å². The van der Waals surface area contributed by atoms with Crippen LogP contribution in [0.1, 0.15) is 0 Å². The lowest BCUT2D eigenvalue weighted by Gasteiger charge is -1.97. The third-order valence-electron chi connectivity index (χ3n) is 1.12. The molecule has 0 aliphatic heterocycles. The molecule has 1 aromatic heterocycles. The molecule has 1 heterocycles. The van der Waals surface area contributed by atoms with Crippen molar-refractivity contribution in [1.29, 1.82) is 0 Å². The van der Waals surface area contributed by atoms with Gasteiger partial charge in [-0.25, -0.2) is 13.4 Å². The van der Waals surface area contributed by atoms with Crippen LogP contribution in [0.5, 0.6) is 0 Å². The summed E-state index contributed by atoms with van der Waals surface area (Å²) in [6.07, 6.45) is 2.67. The zero-order valence-corrected chi connectivity index (χ0v) is 8.18. The lowest BCUT2D eigenvalue weighted by Crippen LogP contribution is -1.98. The number of nitrogens with zero attached hydrogens (tertiary/aromatic N) is 1. The molecule has 5 heteroatoms. The smallest absolute Gasteiger partial charge is 0.178 e. The monoisotopic (exact) mass is 235 g/mol. The van der Waals surface area contributed by atoms with Gasteiger partial charge in [-0.3, -0.25) is 0 Å². The fraction of sp³-hybridized carbons (Fsp3) is 0.167. The second kappa shape index (κ2) is 2.91. The Bertz CT molecular complexity index is 361. The van der Waals surface area contributed by atoms with E-state index in [1.165, 1.54) is 12.3 Å². The van der Waals surface area contributed by atoms with Crippen molar-refractivity contribution in [3.63, 3.8) is 0 Å². The molecule has 0 aliphatic rings. The van der Waals surface area contributed by atoms with Crippen LogP contribution >= 0.6 is 15.9 Å². The lowest BCUT2D eigenvalue weighted by molar-refractivity contribution is 0.601. The highest BCUT2D eigenvalue weighted by Gasteiger charge is 2.10. The number of aromatic nitrogens is 1. The molecular weight excluding hydrogens is 230 g/mol. The van der Waals surface area contributed by atoms with Crippen LogP contribution in [0.4, 0.5) is 0 Å². The normalized spacial score (nSPS) is 11.5. The molecule has 0 N–H and O–H groups in total. The summed E-state index contributed by atoms with van der Waals surface area (Å²) in [5.74, 6) is 0. The van der Waals surface area contributed by atoms with Crippen molar-refractivity contribution < 1.29 is 8.42 Å². The number of sulfone groups is 1. The molecule has 1 rings (SSSR count). The second-order valence-electron chi connectivity index (χ2n) is 2.06. The van der Waals surface area contributed by atoms with Gasteiger partial charge in [-0.2, -0.15) is 0 Å². The molecule has 0 fully saturated rings. The topological polar surface area (TPSA) is 47.0 Å². The van der Waals surface area contributed by atoms with Crippen LogP contribution < -0.4 is 0 Å². The van der Waals surface area contributed by atoms with Crippen molar-refractivity contribution in [2.75, 3.05) is 6.26 Å². The van der Waals surface area contributed by atoms with Crippen LogP contribution in [-0.4, -0.2) is 19.7 Å². The third kappa shape index (κ3) is 2.00. The van der Waals surface area contributed by atoms with E-state index >= 15 is 0 Å². The Morgan fingerprint density at radius 3 is 2.55 bits per heavy atom. The van der Waals surface area contributed by atoms with Crippen molar-refractivity contribution in [3.8, 4) is 0 Å². The van der Waals surface area contributed by atoms with Gasteiger partial charge in [0.1, 0.15) is 4.60 Å². The summed E-state index contributed by atoms with van der Waals surface area (Å²) in [6, 6.07) is 3.09. The number of hydrogen-bond donors (Lipinski definition) is 0. The predicted octanol–water partition coefficient (Wildman–Crippen LogP) is 1.25. The Morgan fingerprint density at radius 1 is 1.55 bits per heavy atom. The summed E-state index contributed by atoms with van der Waals surface area (Å²) in [5, 5.41) is 0. The molecule has 0 aromatic carbocycles. The number of pyridine rings is 1. The van der Waals surface area contributed by atoms with Crippen LogP contribution in [0.15, 0.2) is 27.8 Å². The van der Waals surface area contributed by atoms with Gasteiger partial charge in [0.15, 0.2) is 9.84 Å². The van der Waals surface area contributed by atoms with E-state index in [-0.39, 0.29) is 4.90 Å². The first-order chi connectivity index (χ1) is 5.02. The van der Waals surface area contributed by atoms with E-state index in [2.05, 4.69) is 20.9 Å². The van der Waals surface area contributed by atoms with Crippen molar-refractivity contribution in [2.45, 2.75) is 4.90 Å². The first kappa shape index (κ1) is 8.67. The maximum absolute atomic E-state index is 11.0. The first-order valence-corrected chi connectivity index (χ1v) is 5.51. The van der Waals surface area contributed by atoms with Gasteiger partial charge in [-0.15, -0.1) is 0 Å². The van der Waals surface area contributed by atoms with Crippen LogP contribution in [0, 0.1) is 0 Å². The van der Waals surface area contributed by atoms with Gasteiger partial charge < -0.3 is 0 Å². The maximum Gasteiger partial charge on any atom is 0.178 e. The molecule has 0 bridgehead atoms. The van der Waals surface area contributed by atoms with Crippen molar-refractivity contribution in [2.24, 2.45) is 0 Å². The molecule has 0 amide bonds. The summed E-state index contributed by atoms with van der Waals surface area (Å²) >= 11 is 3.04. The van der Waals surface area contributed by atoms with E-state index in [9.17, 15) is 8.42 Å². The van der Waals surface area contributed by atoms with Crippen molar-refractivity contribution in [3.05, 3.63) is 22.9 Å². The molecule has 1 aromatic rings. The molecule has 0 spiro atoms. The Labute approximate surface area is 73.5 Å². The predicted molar refractivity (Wildman–Crippen MR) is 45.0 cm³/mol. The van der Waals surface area contributed by atoms with Crippen molar-refractivity contribution in [1.82, 2.24) is 4.98 Å². The van der Waals surface area contributed by atoms with Gasteiger partial charge in [0.25, 0.3) is 0 Å². The summed E-state index contributed by atoms with van der Waals surface area (Å²) in [5.41, 5.74) is 0. The Morgan fingerprint density at radius 2 is 2.18 bits per heavy atom. The molecule has 60 valence electrons. The highest BCUT2D eigenvalue weighted by molar-refractivity contribution is 9.10. The second-order valence-corrected chi connectivity index (χ2v) is 4.80. The van der Waals surface area contributed by atoms with Gasteiger partial charge in [-0.05, 0) is 28.1 Å². The Hall–Kier alpha value is -0.420. The summed E-state index contributed by atoms with van der Waals surface area (Å²) in [6.45, 7) is 0. The molecule has 3 nitrogen and oxygen atoms in total. The fourth-order valence-corrected chi connectivity index (χ4v) is 2.46. The van der Waals surface area contributed by atoms with E-state index in [4.69, 9.17) is 0 Å². The molecule has 0 saturated carbocycles. The molecule has 11 heavy (non-hydrogen) atoms. The summed E-state index contributed by atoms with van der Waals surface area (Å²) in [4.78, 5) is 4.01. The zero-order chi connectivity index (χ0) is 8.48. The van der Waals surface area contributed by atoms with Crippen LogP contribution in [0.2, 0.25) is 0 Å². The molecule has 0 saturated heterocycles. The highest BCUT2D eigenvalue weighted by atomic mass is 79.9. The van der Waals surface area contributed by atoms with Gasteiger partial charge >= 0.3 is 0 Å². The van der Waals surface area contributed by atoms with E-state index in [1.807, 2.05) is 0 Å². The van der Waals surface area contributed by atoms with E-state index in [1.54, 1.807) is 6.07 Å². The van der Waals surface area contributed by atoms with Gasteiger partial charge in [0, 0.05) is 12.5 Å². The van der Waals surface area contributed by atoms with E-state index in [0.29, 0.717) is 4.60 Å². The quantitative estimate of drug-likeness (QED) is 0.689. The standard InChI is InChI=1S/C6H6BrNO2S/c1-11(9,10)5-3-2-4-8-6(5)7/h2-4H,1H3. The average Bonchev–Trinajstić information content (AvgIpc) is 1.86. The highest BCUT2D eigenvalue weighted by Crippen LogP contribution is 2.17. The van der Waals surface area contributed by atoms with Crippen LogP contribution in [0.3, 0.4) is 0 Å². The minimum absolute atomic E-state index is 0.222.